The first kappa shape index (κ1) is 65.2. The molecule has 0 bridgehead atoms. The van der Waals surface area contributed by atoms with E-state index in [2.05, 4.69) is 425 Å². The van der Waals surface area contributed by atoms with Crippen molar-refractivity contribution in [3.63, 3.8) is 0 Å². The summed E-state index contributed by atoms with van der Waals surface area (Å²) in [6, 6.07) is 146. The van der Waals surface area contributed by atoms with Gasteiger partial charge in [0, 0.05) is 88.9 Å². The second kappa shape index (κ2) is 27.6. The summed E-state index contributed by atoms with van der Waals surface area (Å²) < 4.78 is 9.49. The molecule has 8 heteroatoms. The van der Waals surface area contributed by atoms with E-state index in [-0.39, 0.29) is 0 Å². The number of benzene rings is 16. The van der Waals surface area contributed by atoms with Gasteiger partial charge in [-0.2, -0.15) is 0 Å². The molecule has 16 aromatic carbocycles. The molecule has 0 N–H and O–H groups in total. The van der Waals surface area contributed by atoms with Gasteiger partial charge in [-0.3, -0.25) is 9.13 Å². The first-order valence-electron chi connectivity index (χ1n) is 38.0. The Morgan fingerprint density at radius 3 is 0.848 bits per heavy atom. The maximum absolute atomic E-state index is 5.44. The molecule has 0 aliphatic rings. The molecule has 0 radical (unpaired) electrons. The Labute approximate surface area is 646 Å². The monoisotopic (exact) mass is 1430 g/mol. The molecule has 22 aromatic rings. The van der Waals surface area contributed by atoms with Gasteiger partial charge in [0.25, 0.3) is 0 Å². The van der Waals surface area contributed by atoms with Crippen LogP contribution in [0.3, 0.4) is 0 Å². The minimum atomic E-state index is 0.672. The molecule has 0 atom stereocenters. The largest absolute Gasteiger partial charge is 0.309 e. The lowest BCUT2D eigenvalue weighted by Crippen LogP contribution is -2.02. The predicted octanol–water partition coefficient (Wildman–Crippen LogP) is 26.7. The van der Waals surface area contributed by atoms with E-state index in [0.717, 1.165) is 107 Å². The molecule has 0 amide bonds. The maximum atomic E-state index is 5.44. The van der Waals surface area contributed by atoms with Gasteiger partial charge in [-0.05, 0) is 123 Å². The molecule has 0 spiro atoms. The van der Waals surface area contributed by atoms with Gasteiger partial charge < -0.3 is 9.13 Å². The SMILES string of the molecule is c1ccc(-c2ccc(-c3cc(-n4c5ccccc5c5c4ccc4c6ccccc6n(-c6ccccc6)c45)nc(-c4cccc(-c5ccccc5)c4)n3)cc2)cc1.c1ccc(-c2cccc(-c3cc(-n4c5ccccc5c5c4ccc4c6ccccc6n(-c6ccccc6)c45)nc(-c4cccc(-c5ccccc5)c4)n3)c2)cc1. The fourth-order valence-electron chi connectivity index (χ4n) is 16.7. The summed E-state index contributed by atoms with van der Waals surface area (Å²) in [5, 5.41) is 9.64. The van der Waals surface area contributed by atoms with E-state index in [1.807, 2.05) is 6.07 Å². The van der Waals surface area contributed by atoms with Crippen LogP contribution in [0.25, 0.3) is 200 Å². The number of fused-ring (bicyclic) bond motifs is 14. The van der Waals surface area contributed by atoms with Crippen molar-refractivity contribution in [2.24, 2.45) is 0 Å². The molecular weight excluding hydrogens is 1360 g/mol. The number of rotatable bonds is 12. The van der Waals surface area contributed by atoms with Crippen molar-refractivity contribution in [2.45, 2.75) is 0 Å². The minimum Gasteiger partial charge on any atom is -0.309 e. The summed E-state index contributed by atoms with van der Waals surface area (Å²) in [6.07, 6.45) is 0. The summed E-state index contributed by atoms with van der Waals surface area (Å²) in [5.41, 5.74) is 26.3. The first-order chi connectivity index (χ1) is 55.6. The second-order valence-corrected chi connectivity index (χ2v) is 28.4. The van der Waals surface area contributed by atoms with Crippen LogP contribution in [-0.4, -0.2) is 38.2 Å². The van der Waals surface area contributed by atoms with Crippen LogP contribution in [0.5, 0.6) is 0 Å². The normalized spacial score (nSPS) is 11.6. The Balaban J connectivity index is 0.000000141. The van der Waals surface area contributed by atoms with Crippen molar-refractivity contribution in [1.29, 1.82) is 0 Å². The Morgan fingerprint density at radius 2 is 0.446 bits per heavy atom. The van der Waals surface area contributed by atoms with Crippen molar-refractivity contribution >= 4 is 87.2 Å². The molecule has 0 unspecified atom stereocenters. The van der Waals surface area contributed by atoms with Gasteiger partial charge in [-0.1, -0.05) is 322 Å². The topological polar surface area (TPSA) is 71.3 Å². The predicted molar refractivity (Wildman–Crippen MR) is 465 cm³/mol. The van der Waals surface area contributed by atoms with E-state index < -0.39 is 0 Å². The van der Waals surface area contributed by atoms with Crippen molar-refractivity contribution in [2.75, 3.05) is 0 Å². The third-order valence-corrected chi connectivity index (χ3v) is 21.9. The number of aromatic nitrogens is 8. The molecule has 112 heavy (non-hydrogen) atoms. The van der Waals surface area contributed by atoms with Gasteiger partial charge in [0.05, 0.1) is 55.5 Å². The molecule has 0 fully saturated rings. The van der Waals surface area contributed by atoms with Crippen LogP contribution in [0.4, 0.5) is 0 Å². The Bertz CT molecular complexity index is 7230. The van der Waals surface area contributed by atoms with Crippen LogP contribution in [0.2, 0.25) is 0 Å². The maximum Gasteiger partial charge on any atom is 0.162 e. The van der Waals surface area contributed by atoms with E-state index in [9.17, 15) is 0 Å². The third-order valence-electron chi connectivity index (χ3n) is 21.9. The molecule has 524 valence electrons. The highest BCUT2D eigenvalue weighted by Gasteiger charge is 2.26. The van der Waals surface area contributed by atoms with E-state index in [1.54, 1.807) is 0 Å². The Hall–Kier alpha value is -15.1. The lowest BCUT2D eigenvalue weighted by Gasteiger charge is -2.13. The third kappa shape index (κ3) is 11.4. The smallest absolute Gasteiger partial charge is 0.162 e. The fourth-order valence-corrected chi connectivity index (χ4v) is 16.7. The molecule has 8 nitrogen and oxygen atoms in total. The highest BCUT2D eigenvalue weighted by Crippen LogP contribution is 2.46. The lowest BCUT2D eigenvalue weighted by molar-refractivity contribution is 1.05. The van der Waals surface area contributed by atoms with E-state index in [4.69, 9.17) is 19.9 Å². The molecule has 6 heterocycles. The summed E-state index contributed by atoms with van der Waals surface area (Å²) in [5.74, 6) is 2.97. The molecule has 6 aromatic heterocycles. The zero-order valence-corrected chi connectivity index (χ0v) is 60.8. The van der Waals surface area contributed by atoms with Crippen LogP contribution < -0.4 is 0 Å². The molecular formula is C104H68N8. The number of hydrogen-bond donors (Lipinski definition) is 0. The zero-order valence-electron chi connectivity index (χ0n) is 60.8. The van der Waals surface area contributed by atoms with Crippen LogP contribution in [0.15, 0.2) is 413 Å². The highest BCUT2D eigenvalue weighted by atomic mass is 15.1. The van der Waals surface area contributed by atoms with Gasteiger partial charge in [0.1, 0.15) is 11.6 Å². The van der Waals surface area contributed by atoms with Crippen molar-refractivity contribution < 1.29 is 0 Å². The lowest BCUT2D eigenvalue weighted by atomic mass is 10.0. The summed E-state index contributed by atoms with van der Waals surface area (Å²) in [7, 11) is 0. The van der Waals surface area contributed by atoms with Gasteiger partial charge in [0.15, 0.2) is 11.6 Å². The number of para-hydroxylation sites is 6. The molecule has 0 aliphatic heterocycles. The average molecular weight is 1430 g/mol. The molecule has 0 aliphatic carbocycles. The number of hydrogen-bond acceptors (Lipinski definition) is 4. The van der Waals surface area contributed by atoms with E-state index >= 15 is 0 Å². The fraction of sp³-hybridized carbons (Fsp3) is 0. The minimum absolute atomic E-state index is 0.672. The van der Waals surface area contributed by atoms with Crippen molar-refractivity contribution in [3.8, 4) is 113 Å². The molecule has 0 saturated carbocycles. The van der Waals surface area contributed by atoms with Crippen LogP contribution in [0, 0.1) is 0 Å². The molecule has 22 rings (SSSR count). The first-order valence-corrected chi connectivity index (χ1v) is 38.0. The highest BCUT2D eigenvalue weighted by molar-refractivity contribution is 6.27. The van der Waals surface area contributed by atoms with E-state index in [1.165, 1.54) is 81.8 Å². The summed E-state index contributed by atoms with van der Waals surface area (Å²) >= 11 is 0. The van der Waals surface area contributed by atoms with Crippen molar-refractivity contribution in [1.82, 2.24) is 38.2 Å². The summed E-state index contributed by atoms with van der Waals surface area (Å²) in [4.78, 5) is 21.5. The zero-order chi connectivity index (χ0) is 74.0. The van der Waals surface area contributed by atoms with Crippen LogP contribution in [-0.2, 0) is 0 Å². The Kier molecular flexibility index (Phi) is 16.1. The quantitative estimate of drug-likeness (QED) is 0.122. The van der Waals surface area contributed by atoms with Crippen LogP contribution >= 0.6 is 0 Å². The van der Waals surface area contributed by atoms with Gasteiger partial charge in [0.2, 0.25) is 0 Å². The second-order valence-electron chi connectivity index (χ2n) is 28.4. The van der Waals surface area contributed by atoms with Crippen LogP contribution in [0.1, 0.15) is 0 Å². The van der Waals surface area contributed by atoms with Gasteiger partial charge in [-0.15, -0.1) is 0 Å². The summed E-state index contributed by atoms with van der Waals surface area (Å²) in [6.45, 7) is 0. The Morgan fingerprint density at radius 1 is 0.161 bits per heavy atom. The van der Waals surface area contributed by atoms with Gasteiger partial charge in [-0.25, -0.2) is 19.9 Å². The number of nitrogens with zero attached hydrogens (tertiary/aromatic N) is 8. The molecule has 0 saturated heterocycles. The standard InChI is InChI=1S/2C52H34N4/c1-4-16-35(17-5-1)37-20-14-22-39(32-37)45-34-49(54-52(53-45)40-23-15-21-38(33-40)36-18-6-2-7-19-36)56-47-29-13-11-27-44(47)50-48(56)31-30-43-42-26-10-12-28-46(42)55(51(43)50)41-24-8-3-9-25-41;1-4-15-35(16-5-1)37-27-29-38(30-28-37)45-34-49(54-52(53-45)40-20-14-19-39(33-40)36-17-6-2-7-18-36)56-47-26-13-11-24-44(47)50-48(56)32-31-43-42-23-10-12-25-46(42)55(51(43)50)41-21-8-3-9-22-41/h2*1-34H. The van der Waals surface area contributed by atoms with Crippen molar-refractivity contribution in [3.05, 3.63) is 413 Å². The average Bonchev–Trinajstić information content (AvgIpc) is 1.55. The van der Waals surface area contributed by atoms with Gasteiger partial charge >= 0.3 is 0 Å². The van der Waals surface area contributed by atoms with E-state index in [0.29, 0.717) is 11.6 Å².